The third-order valence-electron chi connectivity index (χ3n) is 1.49. The number of nitrogens with one attached hydrogen (secondary N) is 1. The third-order valence-corrected chi connectivity index (χ3v) is 1.49. The Morgan fingerprint density at radius 3 is 2.14 bits per heavy atom. The van der Waals surface area contributed by atoms with Crippen molar-refractivity contribution in [1.29, 1.82) is 0 Å². The molecule has 1 aromatic rings. The van der Waals surface area contributed by atoms with E-state index in [9.17, 15) is 20.2 Å². The van der Waals surface area contributed by atoms with E-state index in [1.54, 1.807) is 0 Å². The first-order valence-electron chi connectivity index (χ1n) is 3.70. The highest BCUT2D eigenvalue weighted by atomic mass is 16.6. The first-order chi connectivity index (χ1) is 6.59. The Labute approximate surface area is 78.7 Å². The van der Waals surface area contributed by atoms with Crippen LogP contribution in [0.4, 0.5) is 11.4 Å². The lowest BCUT2D eigenvalue weighted by Gasteiger charge is -1.99. The lowest BCUT2D eigenvalue weighted by atomic mass is 10.3. The summed E-state index contributed by atoms with van der Waals surface area (Å²) in [6.45, 7) is -0.405. The number of nitrogens with zero attached hydrogens (tertiary/aromatic N) is 2. The molecule has 1 rings (SSSR count). The monoisotopic (exact) mass is 197 g/mol. The second-order valence-electron chi connectivity index (χ2n) is 2.47. The second kappa shape index (κ2) is 4.17. The maximum absolute atomic E-state index is 10.3. The molecule has 7 nitrogen and oxygen atoms in total. The minimum atomic E-state index is -0.530. The molecule has 74 valence electrons. The van der Waals surface area contributed by atoms with Crippen LogP contribution in [0.5, 0.6) is 0 Å². The number of nitro groups is 2. The van der Waals surface area contributed by atoms with Crippen molar-refractivity contribution in [3.05, 3.63) is 44.5 Å². The van der Waals surface area contributed by atoms with Gasteiger partial charge in [-0.25, -0.2) is 0 Å². The molecular weight excluding hydrogens is 190 g/mol. The van der Waals surface area contributed by atoms with Crippen molar-refractivity contribution in [2.24, 2.45) is 0 Å². The van der Waals surface area contributed by atoms with Gasteiger partial charge >= 0.3 is 0 Å². The van der Waals surface area contributed by atoms with Crippen molar-refractivity contribution in [2.75, 3.05) is 12.0 Å². The van der Waals surface area contributed by atoms with Crippen LogP contribution in [-0.4, -0.2) is 16.5 Å². The summed E-state index contributed by atoms with van der Waals surface area (Å²) in [6.07, 6.45) is 0. The van der Waals surface area contributed by atoms with E-state index in [1.165, 1.54) is 24.3 Å². The van der Waals surface area contributed by atoms with Crippen molar-refractivity contribution in [3.8, 4) is 0 Å². The van der Waals surface area contributed by atoms with Gasteiger partial charge in [-0.05, 0) is 12.1 Å². The van der Waals surface area contributed by atoms with Crippen molar-refractivity contribution in [1.82, 2.24) is 0 Å². The topological polar surface area (TPSA) is 98.3 Å². The number of rotatable bonds is 4. The van der Waals surface area contributed by atoms with E-state index < -0.39 is 16.5 Å². The Morgan fingerprint density at radius 2 is 1.71 bits per heavy atom. The largest absolute Gasteiger partial charge is 0.326 e. The van der Waals surface area contributed by atoms with Gasteiger partial charge in [0.15, 0.2) is 0 Å². The van der Waals surface area contributed by atoms with Crippen molar-refractivity contribution in [2.45, 2.75) is 0 Å². The number of nitro benzene ring substituents is 1. The predicted octanol–water partition coefficient (Wildman–Crippen LogP) is 1.24. The van der Waals surface area contributed by atoms with Crippen LogP contribution in [0, 0.1) is 20.2 Å². The van der Waals surface area contributed by atoms with Gasteiger partial charge in [-0.2, -0.15) is 0 Å². The molecule has 0 bridgehead atoms. The highest BCUT2D eigenvalue weighted by molar-refractivity contribution is 5.48. The number of anilines is 1. The molecule has 14 heavy (non-hydrogen) atoms. The molecular formula is C7H7N3O4. The summed E-state index contributed by atoms with van der Waals surface area (Å²) >= 11 is 0. The highest BCUT2D eigenvalue weighted by Gasteiger charge is 2.04. The first-order valence-corrected chi connectivity index (χ1v) is 3.70. The smallest absolute Gasteiger partial charge is 0.275 e. The predicted molar refractivity (Wildman–Crippen MR) is 48.6 cm³/mol. The molecule has 7 heteroatoms. The van der Waals surface area contributed by atoms with E-state index in [0.29, 0.717) is 5.69 Å². The Bertz CT molecular complexity index is 348. The van der Waals surface area contributed by atoms with E-state index >= 15 is 0 Å². The Hall–Kier alpha value is -2.18. The maximum atomic E-state index is 10.3. The minimum absolute atomic E-state index is 0.0448. The normalized spacial score (nSPS) is 9.43. The molecule has 0 aliphatic heterocycles. The van der Waals surface area contributed by atoms with E-state index in [0.717, 1.165) is 0 Å². The van der Waals surface area contributed by atoms with Gasteiger partial charge in [-0.3, -0.25) is 20.2 Å². The minimum Gasteiger partial charge on any atom is -0.326 e. The Morgan fingerprint density at radius 1 is 1.14 bits per heavy atom. The van der Waals surface area contributed by atoms with Gasteiger partial charge in [0, 0.05) is 22.7 Å². The number of hydrogen-bond acceptors (Lipinski definition) is 5. The fourth-order valence-corrected chi connectivity index (χ4v) is 0.857. The molecule has 0 saturated heterocycles. The summed E-state index contributed by atoms with van der Waals surface area (Å²) in [6, 6.07) is 5.40. The van der Waals surface area contributed by atoms with Crippen molar-refractivity contribution in [3.63, 3.8) is 0 Å². The molecule has 0 aromatic heterocycles. The van der Waals surface area contributed by atoms with Crippen LogP contribution in [0.2, 0.25) is 0 Å². The fourth-order valence-electron chi connectivity index (χ4n) is 0.857. The van der Waals surface area contributed by atoms with Gasteiger partial charge in [0.2, 0.25) is 0 Å². The molecule has 0 heterocycles. The van der Waals surface area contributed by atoms with Crippen LogP contribution in [0.3, 0.4) is 0 Å². The fraction of sp³-hybridized carbons (Fsp3) is 0.143. The average molecular weight is 197 g/mol. The molecule has 0 aliphatic carbocycles. The summed E-state index contributed by atoms with van der Waals surface area (Å²) in [5, 5.41) is 22.7. The zero-order valence-corrected chi connectivity index (χ0v) is 7.04. The average Bonchev–Trinajstić information content (AvgIpc) is 2.15. The highest BCUT2D eigenvalue weighted by Crippen LogP contribution is 2.14. The zero-order chi connectivity index (χ0) is 10.6. The van der Waals surface area contributed by atoms with E-state index in [2.05, 4.69) is 5.32 Å². The zero-order valence-electron chi connectivity index (χ0n) is 7.04. The number of benzene rings is 1. The van der Waals surface area contributed by atoms with Crippen LogP contribution in [0.15, 0.2) is 24.3 Å². The van der Waals surface area contributed by atoms with E-state index in [1.807, 2.05) is 0 Å². The van der Waals surface area contributed by atoms with Crippen LogP contribution in [0.1, 0.15) is 0 Å². The molecule has 1 aromatic carbocycles. The number of non-ortho nitro benzene ring substituents is 1. The van der Waals surface area contributed by atoms with E-state index in [-0.39, 0.29) is 5.69 Å². The van der Waals surface area contributed by atoms with Gasteiger partial charge in [-0.15, -0.1) is 0 Å². The molecule has 0 amide bonds. The van der Waals surface area contributed by atoms with E-state index in [4.69, 9.17) is 0 Å². The Balaban J connectivity index is 2.64. The van der Waals surface area contributed by atoms with Crippen LogP contribution in [0.25, 0.3) is 0 Å². The molecule has 0 atom stereocenters. The summed E-state index contributed by atoms with van der Waals surface area (Å²) < 4.78 is 0. The van der Waals surface area contributed by atoms with Crippen LogP contribution >= 0.6 is 0 Å². The first kappa shape index (κ1) is 9.90. The van der Waals surface area contributed by atoms with Crippen molar-refractivity contribution < 1.29 is 9.85 Å². The third kappa shape index (κ3) is 2.70. The number of hydrogen-bond donors (Lipinski definition) is 1. The molecule has 0 radical (unpaired) electrons. The molecule has 0 fully saturated rings. The molecule has 1 N–H and O–H groups in total. The van der Waals surface area contributed by atoms with Crippen LogP contribution < -0.4 is 5.32 Å². The standard InChI is InChI=1S/C7H7N3O4/c11-9(12)5-8-6-1-3-7(4-2-6)10(13)14/h1-4,8H,5H2. The van der Waals surface area contributed by atoms with Gasteiger partial charge in [0.05, 0.1) is 4.92 Å². The lowest BCUT2D eigenvalue weighted by Crippen LogP contribution is -2.10. The Kier molecular flexibility index (Phi) is 2.95. The SMILES string of the molecule is O=[N+]([O-])CNc1ccc([N+](=O)[O-])cc1. The molecule has 0 saturated carbocycles. The quantitative estimate of drug-likeness (QED) is 0.444. The molecule has 0 spiro atoms. The summed E-state index contributed by atoms with van der Waals surface area (Å²) in [5.41, 5.74) is 0.434. The van der Waals surface area contributed by atoms with Gasteiger partial charge < -0.3 is 5.32 Å². The van der Waals surface area contributed by atoms with Gasteiger partial charge in [-0.1, -0.05) is 0 Å². The summed E-state index contributed by atoms with van der Waals surface area (Å²) in [5.74, 6) is 0. The summed E-state index contributed by atoms with van der Waals surface area (Å²) in [4.78, 5) is 19.2. The van der Waals surface area contributed by atoms with Crippen molar-refractivity contribution >= 4 is 11.4 Å². The second-order valence-corrected chi connectivity index (χ2v) is 2.47. The van der Waals surface area contributed by atoms with Gasteiger partial charge in [0.1, 0.15) is 0 Å². The lowest BCUT2D eigenvalue weighted by molar-refractivity contribution is -0.473. The molecule has 0 unspecified atom stereocenters. The van der Waals surface area contributed by atoms with Gasteiger partial charge in [0.25, 0.3) is 12.4 Å². The summed E-state index contributed by atoms with van der Waals surface area (Å²) in [7, 11) is 0. The van der Waals surface area contributed by atoms with Crippen LogP contribution in [-0.2, 0) is 0 Å². The molecule has 0 aliphatic rings. The maximum Gasteiger partial charge on any atom is 0.275 e.